The van der Waals surface area contributed by atoms with Gasteiger partial charge >= 0.3 is 12.0 Å². The van der Waals surface area contributed by atoms with Crippen molar-refractivity contribution < 1.29 is 18.7 Å². The molecule has 1 atom stereocenters. The van der Waals surface area contributed by atoms with Crippen LogP contribution in [0, 0.1) is 0 Å². The predicted octanol–water partition coefficient (Wildman–Crippen LogP) is 5.09. The molecular weight excluding hydrogens is 444 g/mol. The van der Waals surface area contributed by atoms with Crippen LogP contribution >= 0.6 is 11.6 Å². The van der Waals surface area contributed by atoms with Crippen LogP contribution in [-0.2, 0) is 4.74 Å². The van der Waals surface area contributed by atoms with E-state index in [9.17, 15) is 9.59 Å². The van der Waals surface area contributed by atoms with E-state index in [1.165, 1.54) is 7.11 Å². The Kier molecular flexibility index (Phi) is 6.66. The number of anilines is 1. The van der Waals surface area contributed by atoms with E-state index in [1.54, 1.807) is 42.5 Å². The van der Waals surface area contributed by atoms with E-state index < -0.39 is 18.0 Å². The second-order valence-corrected chi connectivity index (χ2v) is 7.31. The molecule has 0 radical (unpaired) electrons. The normalized spacial score (nSPS) is 11.5. The molecule has 1 heterocycles. The number of benzene rings is 3. The smallest absolute Gasteiger partial charge is 0.339 e. The number of ether oxygens (including phenoxy) is 1. The topological polar surface area (TPSA) is 106 Å². The van der Waals surface area contributed by atoms with Gasteiger partial charge in [-0.25, -0.2) is 9.59 Å². The molecule has 0 spiro atoms. The molecule has 0 aliphatic heterocycles. The number of aromatic nitrogens is 2. The standard InChI is InChI=1S/C24H19ClN4O4/c1-32-23(30)17-12-6-8-14-19(17)26-24(31)27-20(15-9-3-2-4-10-15)22-29-28-21(33-22)16-11-5-7-13-18(16)25/h2-14,20H,1H3,(H2,26,27,31)/t20-/m1/s1. The molecule has 0 saturated carbocycles. The van der Waals surface area contributed by atoms with Gasteiger partial charge in [0.15, 0.2) is 0 Å². The van der Waals surface area contributed by atoms with Crippen molar-refractivity contribution in [1.82, 2.24) is 15.5 Å². The highest BCUT2D eigenvalue weighted by atomic mass is 35.5. The van der Waals surface area contributed by atoms with Gasteiger partial charge in [-0.3, -0.25) is 0 Å². The highest BCUT2D eigenvalue weighted by Crippen LogP contribution is 2.29. The number of hydrogen-bond donors (Lipinski definition) is 2. The summed E-state index contributed by atoms with van der Waals surface area (Å²) in [6, 6.07) is 21.5. The molecule has 8 nitrogen and oxygen atoms in total. The third kappa shape index (κ3) is 5.02. The number of urea groups is 1. The van der Waals surface area contributed by atoms with Crippen LogP contribution in [0.5, 0.6) is 0 Å². The molecule has 166 valence electrons. The number of methoxy groups -OCH3 is 1. The lowest BCUT2D eigenvalue weighted by Crippen LogP contribution is -2.34. The fourth-order valence-corrected chi connectivity index (χ4v) is 3.41. The molecule has 33 heavy (non-hydrogen) atoms. The Labute approximate surface area is 194 Å². The number of nitrogens with zero attached hydrogens (tertiary/aromatic N) is 2. The number of hydrogen-bond acceptors (Lipinski definition) is 6. The van der Waals surface area contributed by atoms with Gasteiger partial charge < -0.3 is 19.8 Å². The minimum absolute atomic E-state index is 0.174. The summed E-state index contributed by atoms with van der Waals surface area (Å²) in [5.74, 6) is -0.158. The van der Waals surface area contributed by atoms with Crippen LogP contribution in [0.25, 0.3) is 11.5 Å². The average Bonchev–Trinajstić information content (AvgIpc) is 3.33. The first-order valence-corrected chi connectivity index (χ1v) is 10.3. The van der Waals surface area contributed by atoms with Gasteiger partial charge in [-0.1, -0.05) is 66.2 Å². The predicted molar refractivity (Wildman–Crippen MR) is 123 cm³/mol. The fourth-order valence-electron chi connectivity index (χ4n) is 3.20. The minimum atomic E-state index is -0.750. The average molecular weight is 463 g/mol. The molecule has 0 unspecified atom stereocenters. The molecule has 0 saturated heterocycles. The zero-order chi connectivity index (χ0) is 23.2. The van der Waals surface area contributed by atoms with Gasteiger partial charge in [-0.15, -0.1) is 10.2 Å². The maximum atomic E-state index is 12.9. The molecule has 0 aliphatic rings. The number of amides is 2. The highest BCUT2D eigenvalue weighted by Gasteiger charge is 2.24. The number of esters is 1. The third-order valence-corrected chi connectivity index (χ3v) is 5.11. The fraction of sp³-hybridized carbons (Fsp3) is 0.0833. The number of carbonyl (C=O) groups is 2. The van der Waals surface area contributed by atoms with Crippen molar-refractivity contribution in [3.05, 3.63) is 101 Å². The summed E-state index contributed by atoms with van der Waals surface area (Å²) in [7, 11) is 1.27. The molecule has 2 N–H and O–H groups in total. The molecule has 9 heteroatoms. The largest absolute Gasteiger partial charge is 0.465 e. The summed E-state index contributed by atoms with van der Waals surface area (Å²) >= 11 is 6.25. The highest BCUT2D eigenvalue weighted by molar-refractivity contribution is 6.33. The van der Waals surface area contributed by atoms with Gasteiger partial charge in [-0.2, -0.15) is 0 Å². The van der Waals surface area contributed by atoms with Crippen LogP contribution in [0.4, 0.5) is 10.5 Å². The van der Waals surface area contributed by atoms with Crippen LogP contribution in [0.15, 0.2) is 83.3 Å². The van der Waals surface area contributed by atoms with Crippen molar-refractivity contribution in [3.8, 4) is 11.5 Å². The maximum Gasteiger partial charge on any atom is 0.339 e. The van der Waals surface area contributed by atoms with Gasteiger partial charge in [0.25, 0.3) is 0 Å². The van der Waals surface area contributed by atoms with E-state index in [0.29, 0.717) is 16.3 Å². The molecule has 0 fully saturated rings. The quantitative estimate of drug-likeness (QED) is 0.387. The van der Waals surface area contributed by atoms with E-state index in [-0.39, 0.29) is 17.3 Å². The van der Waals surface area contributed by atoms with Crippen molar-refractivity contribution >= 4 is 29.3 Å². The third-order valence-electron chi connectivity index (χ3n) is 4.78. The van der Waals surface area contributed by atoms with Crippen LogP contribution in [0.1, 0.15) is 27.9 Å². The summed E-state index contributed by atoms with van der Waals surface area (Å²) in [5, 5.41) is 14.2. The second-order valence-electron chi connectivity index (χ2n) is 6.90. The Morgan fingerprint density at radius 2 is 1.64 bits per heavy atom. The van der Waals surface area contributed by atoms with Gasteiger partial charge in [-0.05, 0) is 29.8 Å². The van der Waals surface area contributed by atoms with Crippen molar-refractivity contribution in [2.24, 2.45) is 0 Å². The van der Waals surface area contributed by atoms with E-state index >= 15 is 0 Å². The summed E-state index contributed by atoms with van der Waals surface area (Å²) in [6.45, 7) is 0. The number of para-hydroxylation sites is 1. The van der Waals surface area contributed by atoms with Gasteiger partial charge in [0, 0.05) is 0 Å². The number of carbonyl (C=O) groups excluding carboxylic acids is 2. The first-order valence-electron chi connectivity index (χ1n) is 9.95. The Bertz CT molecular complexity index is 1280. The molecule has 1 aromatic heterocycles. The zero-order valence-electron chi connectivity index (χ0n) is 17.5. The maximum absolute atomic E-state index is 12.9. The Hall–Kier alpha value is -4.17. The zero-order valence-corrected chi connectivity index (χ0v) is 18.2. The van der Waals surface area contributed by atoms with Crippen molar-refractivity contribution in [2.75, 3.05) is 12.4 Å². The summed E-state index contributed by atoms with van der Waals surface area (Å²) in [6.07, 6.45) is 0. The van der Waals surface area contributed by atoms with Crippen molar-refractivity contribution in [1.29, 1.82) is 0 Å². The number of rotatable bonds is 6. The van der Waals surface area contributed by atoms with E-state index in [1.807, 2.05) is 36.4 Å². The van der Waals surface area contributed by atoms with Gasteiger partial charge in [0.1, 0.15) is 6.04 Å². The molecule has 4 aromatic rings. The first kappa shape index (κ1) is 22.0. The lowest BCUT2D eigenvalue weighted by molar-refractivity contribution is 0.0602. The Morgan fingerprint density at radius 3 is 2.39 bits per heavy atom. The summed E-state index contributed by atoms with van der Waals surface area (Å²) in [4.78, 5) is 24.9. The van der Waals surface area contributed by atoms with Crippen LogP contribution in [0.3, 0.4) is 0 Å². The van der Waals surface area contributed by atoms with Crippen molar-refractivity contribution in [3.63, 3.8) is 0 Å². The van der Waals surface area contributed by atoms with E-state index in [4.69, 9.17) is 20.8 Å². The number of nitrogens with one attached hydrogen (secondary N) is 2. The Balaban J connectivity index is 1.62. The molecule has 2 amide bonds. The summed E-state index contributed by atoms with van der Waals surface area (Å²) < 4.78 is 10.7. The Morgan fingerprint density at radius 1 is 0.939 bits per heavy atom. The lowest BCUT2D eigenvalue weighted by Gasteiger charge is -2.17. The molecule has 0 bridgehead atoms. The molecule has 4 rings (SSSR count). The SMILES string of the molecule is COC(=O)c1ccccc1NC(=O)N[C@H](c1ccccc1)c1nnc(-c2ccccc2Cl)o1. The monoisotopic (exact) mass is 462 g/mol. The van der Waals surface area contributed by atoms with Gasteiger partial charge in [0.05, 0.1) is 28.9 Å². The van der Waals surface area contributed by atoms with E-state index in [0.717, 1.165) is 5.56 Å². The minimum Gasteiger partial charge on any atom is -0.465 e. The molecular formula is C24H19ClN4O4. The lowest BCUT2D eigenvalue weighted by atomic mass is 10.1. The van der Waals surface area contributed by atoms with Crippen LogP contribution < -0.4 is 10.6 Å². The summed E-state index contributed by atoms with van der Waals surface area (Å²) in [5.41, 5.74) is 1.84. The van der Waals surface area contributed by atoms with Gasteiger partial charge in [0.2, 0.25) is 11.8 Å². The number of halogens is 1. The first-order chi connectivity index (χ1) is 16.1. The van der Waals surface area contributed by atoms with Crippen molar-refractivity contribution in [2.45, 2.75) is 6.04 Å². The van der Waals surface area contributed by atoms with Crippen LogP contribution in [-0.4, -0.2) is 29.3 Å². The van der Waals surface area contributed by atoms with Crippen LogP contribution in [0.2, 0.25) is 5.02 Å². The second kappa shape index (κ2) is 9.97. The molecule has 0 aliphatic carbocycles. The molecule has 3 aromatic carbocycles. The van der Waals surface area contributed by atoms with E-state index in [2.05, 4.69) is 20.8 Å².